The summed E-state index contributed by atoms with van der Waals surface area (Å²) in [5.41, 5.74) is 1.18. The zero-order valence-electron chi connectivity index (χ0n) is 14.4. The van der Waals surface area contributed by atoms with Gasteiger partial charge < -0.3 is 19.9 Å². The highest BCUT2D eigenvalue weighted by molar-refractivity contribution is 7.13. The summed E-state index contributed by atoms with van der Waals surface area (Å²) in [4.78, 5) is 16.2. The van der Waals surface area contributed by atoms with Crippen LogP contribution < -0.4 is 14.8 Å². The van der Waals surface area contributed by atoms with Crippen LogP contribution in [0.15, 0.2) is 23.6 Å². The van der Waals surface area contributed by atoms with E-state index >= 15 is 0 Å². The van der Waals surface area contributed by atoms with Crippen molar-refractivity contribution in [3.8, 4) is 22.1 Å². The maximum absolute atomic E-state index is 11.5. The van der Waals surface area contributed by atoms with E-state index in [1.165, 1.54) is 0 Å². The van der Waals surface area contributed by atoms with Crippen LogP contribution in [0.2, 0.25) is 0 Å². The van der Waals surface area contributed by atoms with Gasteiger partial charge in [-0.2, -0.15) is 0 Å². The molecule has 0 amide bonds. The summed E-state index contributed by atoms with van der Waals surface area (Å²) < 4.78 is 10.7. The van der Waals surface area contributed by atoms with Gasteiger partial charge in [-0.05, 0) is 31.0 Å². The lowest BCUT2D eigenvalue weighted by Gasteiger charge is -2.26. The monoisotopic (exact) mass is 362 g/mol. The number of nitrogens with zero attached hydrogens (tertiary/aromatic N) is 1. The molecule has 3 rings (SSSR count). The van der Waals surface area contributed by atoms with Crippen LogP contribution >= 0.6 is 11.3 Å². The molecule has 0 bridgehead atoms. The van der Waals surface area contributed by atoms with Crippen LogP contribution in [0.4, 0.5) is 0 Å². The highest BCUT2D eigenvalue weighted by Gasteiger charge is 2.34. The van der Waals surface area contributed by atoms with E-state index in [0.29, 0.717) is 25.9 Å². The Balaban J connectivity index is 1.63. The summed E-state index contributed by atoms with van der Waals surface area (Å²) in [5.74, 6) is 0.750. The summed E-state index contributed by atoms with van der Waals surface area (Å²) in [6.45, 7) is 5.08. The van der Waals surface area contributed by atoms with Crippen LogP contribution in [0, 0.1) is 5.41 Å². The lowest BCUT2D eigenvalue weighted by molar-refractivity contribution is -0.149. The summed E-state index contributed by atoms with van der Waals surface area (Å²) in [6, 6.07) is 5.79. The smallest absolute Gasteiger partial charge is 0.310 e. The van der Waals surface area contributed by atoms with Crippen LogP contribution in [0.25, 0.3) is 10.6 Å². The third kappa shape index (κ3) is 3.62. The van der Waals surface area contributed by atoms with Crippen molar-refractivity contribution in [3.63, 3.8) is 0 Å². The van der Waals surface area contributed by atoms with E-state index in [1.807, 2.05) is 37.4 Å². The highest BCUT2D eigenvalue weighted by Crippen LogP contribution is 2.36. The molecule has 2 aromatic rings. The number of carboxylic acids is 1. The summed E-state index contributed by atoms with van der Waals surface area (Å²) in [6.07, 6.45) is 1.21. The second-order valence-corrected chi connectivity index (χ2v) is 6.97. The second kappa shape index (κ2) is 7.41. The quantitative estimate of drug-likeness (QED) is 0.748. The summed E-state index contributed by atoms with van der Waals surface area (Å²) in [5, 5.41) is 15.6. The Morgan fingerprint density at radius 2 is 2.08 bits per heavy atom. The molecular formula is C18H22N2O4S. The minimum atomic E-state index is -0.746. The van der Waals surface area contributed by atoms with Crippen molar-refractivity contribution in [2.24, 2.45) is 5.41 Å². The van der Waals surface area contributed by atoms with Gasteiger partial charge >= 0.3 is 5.97 Å². The van der Waals surface area contributed by atoms with Crippen molar-refractivity contribution in [3.05, 3.63) is 29.3 Å². The first-order valence-electron chi connectivity index (χ1n) is 8.36. The molecule has 0 saturated carbocycles. The van der Waals surface area contributed by atoms with Crippen LogP contribution in [0.5, 0.6) is 11.5 Å². The first kappa shape index (κ1) is 17.7. The molecule has 134 valence electrons. The molecule has 0 radical (unpaired) electrons. The van der Waals surface area contributed by atoms with Gasteiger partial charge in [0.15, 0.2) is 11.5 Å². The molecule has 1 aliphatic rings. The molecule has 0 fully saturated rings. The fourth-order valence-corrected chi connectivity index (χ4v) is 3.67. The molecule has 0 atom stereocenters. The van der Waals surface area contributed by atoms with E-state index in [0.717, 1.165) is 27.8 Å². The van der Waals surface area contributed by atoms with Gasteiger partial charge in [0, 0.05) is 24.0 Å². The van der Waals surface area contributed by atoms with E-state index in [4.69, 9.17) is 9.47 Å². The van der Waals surface area contributed by atoms with Gasteiger partial charge in [-0.1, -0.05) is 13.8 Å². The number of carboxylic acid groups (broad SMARTS) is 1. The van der Waals surface area contributed by atoms with Crippen LogP contribution in [0.3, 0.4) is 0 Å². The number of rotatable bonds is 8. The van der Waals surface area contributed by atoms with E-state index in [-0.39, 0.29) is 6.79 Å². The van der Waals surface area contributed by atoms with Gasteiger partial charge in [-0.15, -0.1) is 11.3 Å². The summed E-state index contributed by atoms with van der Waals surface area (Å²) >= 11 is 1.56. The van der Waals surface area contributed by atoms with Crippen molar-refractivity contribution in [1.29, 1.82) is 0 Å². The van der Waals surface area contributed by atoms with E-state index in [2.05, 4.69) is 10.3 Å². The summed E-state index contributed by atoms with van der Waals surface area (Å²) in [7, 11) is 0. The van der Waals surface area contributed by atoms with Crippen molar-refractivity contribution >= 4 is 17.3 Å². The lowest BCUT2D eigenvalue weighted by atomic mass is 9.82. The number of nitrogens with one attached hydrogen (secondary N) is 1. The van der Waals surface area contributed by atoms with E-state index in [9.17, 15) is 9.90 Å². The Hall–Kier alpha value is -2.12. The van der Waals surface area contributed by atoms with E-state index < -0.39 is 11.4 Å². The Kier molecular flexibility index (Phi) is 5.24. The first-order chi connectivity index (χ1) is 12.1. The number of thiazole rings is 1. The lowest BCUT2D eigenvalue weighted by Crippen LogP contribution is -2.40. The zero-order valence-corrected chi connectivity index (χ0v) is 15.2. The van der Waals surface area contributed by atoms with Crippen molar-refractivity contribution in [2.75, 3.05) is 13.3 Å². The average molecular weight is 362 g/mol. The highest BCUT2D eigenvalue weighted by atomic mass is 32.1. The number of aromatic nitrogens is 1. The molecule has 2 N–H and O–H groups in total. The molecule has 0 unspecified atom stereocenters. The fourth-order valence-electron chi connectivity index (χ4n) is 2.86. The molecule has 25 heavy (non-hydrogen) atoms. The minimum Gasteiger partial charge on any atom is -0.481 e. The number of aliphatic carboxylic acids is 1. The average Bonchev–Trinajstić information content (AvgIpc) is 3.27. The Bertz CT molecular complexity index is 755. The number of hydrogen-bond acceptors (Lipinski definition) is 6. The molecule has 7 heteroatoms. The topological polar surface area (TPSA) is 80.7 Å². The van der Waals surface area contributed by atoms with Crippen molar-refractivity contribution < 1.29 is 19.4 Å². The van der Waals surface area contributed by atoms with Gasteiger partial charge in [0.1, 0.15) is 5.01 Å². The fraction of sp³-hybridized carbons (Fsp3) is 0.444. The minimum absolute atomic E-state index is 0.256. The molecule has 0 spiro atoms. The molecule has 1 aliphatic heterocycles. The molecule has 6 nitrogen and oxygen atoms in total. The van der Waals surface area contributed by atoms with Crippen molar-refractivity contribution in [2.45, 2.75) is 33.2 Å². The number of fused-ring (bicyclic) bond motifs is 1. The zero-order chi connectivity index (χ0) is 17.9. The predicted molar refractivity (Wildman–Crippen MR) is 96.0 cm³/mol. The molecule has 1 aromatic heterocycles. The molecular weight excluding hydrogens is 340 g/mol. The maximum atomic E-state index is 11.5. The standard InChI is InChI=1S/C18H22N2O4S/c1-3-18(4-2,17(21)22)10-19-8-13-9-25-16(20-13)12-5-6-14-15(7-12)24-11-23-14/h5-7,9,19H,3-4,8,10-11H2,1-2H3,(H,21,22). The molecule has 0 saturated heterocycles. The Morgan fingerprint density at radius 3 is 2.80 bits per heavy atom. The van der Waals surface area contributed by atoms with Crippen LogP contribution in [-0.4, -0.2) is 29.4 Å². The number of carbonyl (C=O) groups is 1. The van der Waals surface area contributed by atoms with Gasteiger partial charge in [-0.3, -0.25) is 4.79 Å². The third-order valence-electron chi connectivity index (χ3n) is 4.75. The molecule has 1 aromatic carbocycles. The van der Waals surface area contributed by atoms with Gasteiger partial charge in [-0.25, -0.2) is 4.98 Å². The van der Waals surface area contributed by atoms with Gasteiger partial charge in [0.05, 0.1) is 11.1 Å². The number of hydrogen-bond donors (Lipinski definition) is 2. The normalized spacial score (nSPS) is 13.2. The van der Waals surface area contributed by atoms with Crippen molar-refractivity contribution in [1.82, 2.24) is 10.3 Å². The predicted octanol–water partition coefficient (Wildman–Crippen LogP) is 3.52. The second-order valence-electron chi connectivity index (χ2n) is 6.11. The Morgan fingerprint density at radius 1 is 1.32 bits per heavy atom. The maximum Gasteiger partial charge on any atom is 0.310 e. The van der Waals surface area contributed by atoms with Gasteiger partial charge in [0.25, 0.3) is 0 Å². The molecule has 2 heterocycles. The third-order valence-corrected chi connectivity index (χ3v) is 5.69. The number of ether oxygens (including phenoxy) is 2. The molecule has 0 aliphatic carbocycles. The number of benzene rings is 1. The van der Waals surface area contributed by atoms with Crippen LogP contribution in [0.1, 0.15) is 32.4 Å². The Labute approximate surface area is 150 Å². The van der Waals surface area contributed by atoms with E-state index in [1.54, 1.807) is 11.3 Å². The van der Waals surface area contributed by atoms with Gasteiger partial charge in [0.2, 0.25) is 6.79 Å². The first-order valence-corrected chi connectivity index (χ1v) is 9.24. The SMILES string of the molecule is CCC(CC)(CNCc1csc(-c2ccc3c(c2)OCO3)n1)C(=O)O. The largest absolute Gasteiger partial charge is 0.481 e. The van der Waals surface area contributed by atoms with Crippen LogP contribution in [-0.2, 0) is 11.3 Å².